The Morgan fingerprint density at radius 2 is 2.12 bits per heavy atom. The maximum absolute atomic E-state index is 10.7. The Balaban J connectivity index is 2.11. The van der Waals surface area contributed by atoms with Crippen LogP contribution < -0.4 is 5.32 Å². The van der Waals surface area contributed by atoms with Gasteiger partial charge in [0.15, 0.2) is 0 Å². The third kappa shape index (κ3) is 2.57. The lowest BCUT2D eigenvalue weighted by molar-refractivity contribution is -0.137. The number of nitrogens with zero attached hydrogens (tertiary/aromatic N) is 4. The van der Waals surface area contributed by atoms with Crippen molar-refractivity contribution >= 4 is 11.7 Å². The number of carboxylic acids is 1. The molecule has 1 heterocycles. The van der Waals surface area contributed by atoms with Crippen LogP contribution in [0.15, 0.2) is 30.6 Å². The zero-order valence-electron chi connectivity index (χ0n) is 9.11. The number of rotatable bonds is 4. The zero-order chi connectivity index (χ0) is 12.3. The van der Waals surface area contributed by atoms with E-state index in [0.29, 0.717) is 0 Å². The number of carbonyl (C=O) groups is 1. The van der Waals surface area contributed by atoms with Crippen LogP contribution in [0.2, 0.25) is 0 Å². The van der Waals surface area contributed by atoms with Crippen LogP contribution >= 0.6 is 0 Å². The average molecular weight is 233 g/mol. The van der Waals surface area contributed by atoms with Crippen LogP contribution in [-0.4, -0.2) is 37.3 Å². The van der Waals surface area contributed by atoms with Crippen LogP contribution in [0.25, 0.3) is 5.69 Å². The van der Waals surface area contributed by atoms with Crippen molar-refractivity contribution in [2.45, 2.75) is 13.0 Å². The fraction of sp³-hybridized carbons (Fsp3) is 0.200. The average Bonchev–Trinajstić information content (AvgIpc) is 2.83. The van der Waals surface area contributed by atoms with Crippen molar-refractivity contribution < 1.29 is 9.90 Å². The summed E-state index contributed by atoms with van der Waals surface area (Å²) in [6, 6.07) is 6.52. The molecule has 1 atom stereocenters. The molecular formula is C10H11N5O2. The lowest BCUT2D eigenvalue weighted by Crippen LogP contribution is -2.25. The maximum Gasteiger partial charge on any atom is 0.325 e. The summed E-state index contributed by atoms with van der Waals surface area (Å²) in [5, 5.41) is 22.4. The quantitative estimate of drug-likeness (QED) is 0.800. The van der Waals surface area contributed by atoms with Crippen LogP contribution in [0, 0.1) is 0 Å². The molecule has 1 unspecified atom stereocenters. The van der Waals surface area contributed by atoms with E-state index in [1.165, 1.54) is 11.0 Å². The summed E-state index contributed by atoms with van der Waals surface area (Å²) < 4.78 is 1.52. The molecule has 1 aromatic heterocycles. The molecule has 2 rings (SSSR count). The lowest BCUT2D eigenvalue weighted by Gasteiger charge is -2.10. The second kappa shape index (κ2) is 4.60. The predicted molar refractivity (Wildman–Crippen MR) is 59.9 cm³/mol. The second-order valence-corrected chi connectivity index (χ2v) is 3.51. The monoisotopic (exact) mass is 233 g/mol. The minimum Gasteiger partial charge on any atom is -0.480 e. The van der Waals surface area contributed by atoms with E-state index in [0.717, 1.165) is 11.4 Å². The fourth-order valence-corrected chi connectivity index (χ4v) is 1.30. The Morgan fingerprint density at radius 3 is 2.65 bits per heavy atom. The molecule has 7 heteroatoms. The highest BCUT2D eigenvalue weighted by atomic mass is 16.4. The minimum atomic E-state index is -0.894. The highest BCUT2D eigenvalue weighted by Crippen LogP contribution is 2.12. The van der Waals surface area contributed by atoms with Crippen LogP contribution in [0.5, 0.6) is 0 Å². The fourth-order valence-electron chi connectivity index (χ4n) is 1.30. The summed E-state index contributed by atoms with van der Waals surface area (Å²) in [6.45, 7) is 1.58. The number of carboxylic acid groups (broad SMARTS) is 1. The van der Waals surface area contributed by atoms with Gasteiger partial charge in [0.25, 0.3) is 0 Å². The number of aliphatic carboxylic acids is 1. The Bertz CT molecular complexity index is 494. The number of anilines is 1. The first kappa shape index (κ1) is 11.1. The molecule has 0 amide bonds. The first-order valence-corrected chi connectivity index (χ1v) is 4.99. The number of aromatic nitrogens is 4. The first-order chi connectivity index (χ1) is 8.16. The van der Waals surface area contributed by atoms with E-state index < -0.39 is 12.0 Å². The molecule has 0 saturated heterocycles. The Hall–Kier alpha value is -2.44. The Labute approximate surface area is 97.1 Å². The van der Waals surface area contributed by atoms with Crippen LogP contribution in [-0.2, 0) is 4.79 Å². The molecule has 2 N–H and O–H groups in total. The smallest absolute Gasteiger partial charge is 0.325 e. The summed E-state index contributed by atoms with van der Waals surface area (Å²) in [7, 11) is 0. The van der Waals surface area contributed by atoms with E-state index in [-0.39, 0.29) is 0 Å². The van der Waals surface area contributed by atoms with Gasteiger partial charge in [-0.15, -0.1) is 5.10 Å². The van der Waals surface area contributed by atoms with Gasteiger partial charge in [0, 0.05) is 5.69 Å². The number of tetrazole rings is 1. The number of benzene rings is 1. The Kier molecular flexibility index (Phi) is 2.99. The molecule has 2 aromatic rings. The highest BCUT2D eigenvalue weighted by Gasteiger charge is 2.09. The molecule has 1 aromatic carbocycles. The van der Waals surface area contributed by atoms with Gasteiger partial charge >= 0.3 is 5.97 Å². The van der Waals surface area contributed by atoms with Gasteiger partial charge in [-0.25, -0.2) is 4.68 Å². The molecular weight excluding hydrogens is 222 g/mol. The molecule has 0 fully saturated rings. The van der Waals surface area contributed by atoms with E-state index in [9.17, 15) is 4.79 Å². The standard InChI is InChI=1S/C10H11N5O2/c1-7(10(16)17)12-8-2-4-9(5-3-8)15-6-11-13-14-15/h2-7,12H,1H3,(H,16,17). The zero-order valence-corrected chi connectivity index (χ0v) is 9.11. The molecule has 0 saturated carbocycles. The lowest BCUT2D eigenvalue weighted by atomic mass is 10.2. The van der Waals surface area contributed by atoms with Gasteiger partial charge < -0.3 is 10.4 Å². The highest BCUT2D eigenvalue weighted by molar-refractivity contribution is 5.76. The van der Waals surface area contributed by atoms with Gasteiger partial charge in [0.1, 0.15) is 12.4 Å². The topological polar surface area (TPSA) is 92.9 Å². The summed E-state index contributed by atoms with van der Waals surface area (Å²) >= 11 is 0. The summed E-state index contributed by atoms with van der Waals surface area (Å²) in [6.07, 6.45) is 1.49. The molecule has 7 nitrogen and oxygen atoms in total. The van der Waals surface area contributed by atoms with Crippen molar-refractivity contribution in [3.8, 4) is 5.69 Å². The maximum atomic E-state index is 10.7. The molecule has 88 valence electrons. The number of nitrogens with one attached hydrogen (secondary N) is 1. The van der Waals surface area contributed by atoms with Gasteiger partial charge in [-0.1, -0.05) is 0 Å². The van der Waals surface area contributed by atoms with E-state index in [2.05, 4.69) is 20.8 Å². The van der Waals surface area contributed by atoms with E-state index >= 15 is 0 Å². The Morgan fingerprint density at radius 1 is 1.41 bits per heavy atom. The van der Waals surface area contributed by atoms with E-state index in [4.69, 9.17) is 5.11 Å². The summed E-state index contributed by atoms with van der Waals surface area (Å²) in [5.74, 6) is -0.894. The van der Waals surface area contributed by atoms with Crippen LogP contribution in [0.3, 0.4) is 0 Å². The normalized spacial score (nSPS) is 12.1. The largest absolute Gasteiger partial charge is 0.480 e. The van der Waals surface area contributed by atoms with E-state index in [1.807, 2.05) is 0 Å². The van der Waals surface area contributed by atoms with Crippen molar-refractivity contribution in [3.63, 3.8) is 0 Å². The molecule has 0 radical (unpaired) electrons. The summed E-state index contributed by atoms with van der Waals surface area (Å²) in [4.78, 5) is 10.7. The predicted octanol–water partition coefficient (Wildman–Crippen LogP) is 0.547. The molecule has 0 spiro atoms. The van der Waals surface area contributed by atoms with E-state index in [1.54, 1.807) is 31.2 Å². The SMILES string of the molecule is CC(Nc1ccc(-n2cnnn2)cc1)C(=O)O. The summed E-state index contributed by atoms with van der Waals surface area (Å²) in [5.41, 5.74) is 1.54. The van der Waals surface area contributed by atoms with Gasteiger partial charge in [-0.05, 0) is 41.6 Å². The van der Waals surface area contributed by atoms with Crippen molar-refractivity contribution in [2.75, 3.05) is 5.32 Å². The molecule has 0 aliphatic rings. The minimum absolute atomic E-state index is 0.631. The molecule has 17 heavy (non-hydrogen) atoms. The van der Waals surface area contributed by atoms with Gasteiger partial charge in [-0.2, -0.15) is 0 Å². The third-order valence-corrected chi connectivity index (χ3v) is 2.23. The molecule has 0 aliphatic carbocycles. The van der Waals surface area contributed by atoms with Crippen molar-refractivity contribution in [3.05, 3.63) is 30.6 Å². The molecule has 0 aliphatic heterocycles. The van der Waals surface area contributed by atoms with Crippen LogP contribution in [0.4, 0.5) is 5.69 Å². The third-order valence-electron chi connectivity index (χ3n) is 2.23. The second-order valence-electron chi connectivity index (χ2n) is 3.51. The number of hydrogen-bond donors (Lipinski definition) is 2. The van der Waals surface area contributed by atoms with Crippen molar-refractivity contribution in [1.82, 2.24) is 20.2 Å². The van der Waals surface area contributed by atoms with Crippen LogP contribution in [0.1, 0.15) is 6.92 Å². The van der Waals surface area contributed by atoms with Gasteiger partial charge in [-0.3, -0.25) is 4.79 Å². The van der Waals surface area contributed by atoms with Crippen molar-refractivity contribution in [1.29, 1.82) is 0 Å². The van der Waals surface area contributed by atoms with Gasteiger partial charge in [0.05, 0.1) is 5.69 Å². The van der Waals surface area contributed by atoms with Crippen molar-refractivity contribution in [2.24, 2.45) is 0 Å². The number of hydrogen-bond acceptors (Lipinski definition) is 5. The van der Waals surface area contributed by atoms with Gasteiger partial charge in [0.2, 0.25) is 0 Å². The first-order valence-electron chi connectivity index (χ1n) is 4.99. The molecule has 0 bridgehead atoms.